The van der Waals surface area contributed by atoms with Crippen molar-refractivity contribution in [3.05, 3.63) is 39.4 Å². The molecule has 1 aromatic carbocycles. The fourth-order valence-corrected chi connectivity index (χ4v) is 1.56. The van der Waals surface area contributed by atoms with Crippen molar-refractivity contribution in [2.75, 3.05) is 0 Å². The van der Waals surface area contributed by atoms with Crippen molar-refractivity contribution in [3.8, 4) is 0 Å². The number of carbonyl (C=O) groups is 1. The summed E-state index contributed by atoms with van der Waals surface area (Å²) >= 11 is 3.11. The lowest BCUT2D eigenvalue weighted by atomic mass is 10.0. The van der Waals surface area contributed by atoms with E-state index in [4.69, 9.17) is 0 Å². The van der Waals surface area contributed by atoms with Crippen LogP contribution in [-0.2, 0) is 0 Å². The molecule has 0 fully saturated rings. The lowest BCUT2D eigenvalue weighted by Crippen LogP contribution is -2.12. The van der Waals surface area contributed by atoms with Crippen molar-refractivity contribution in [2.45, 2.75) is 18.7 Å². The maximum absolute atomic E-state index is 11.7. The Balaban J connectivity index is 3.35. The van der Waals surface area contributed by atoms with Crippen molar-refractivity contribution in [1.29, 1.82) is 0 Å². The number of benzene rings is 1. The summed E-state index contributed by atoms with van der Waals surface area (Å²) in [6.07, 6.45) is 0. The molecule has 0 bridgehead atoms. The number of rotatable bonds is 3. The van der Waals surface area contributed by atoms with Gasteiger partial charge in [-0.05, 0) is 19.9 Å². The molecule has 0 saturated heterocycles. The van der Waals surface area contributed by atoms with Crippen LogP contribution in [-0.4, -0.2) is 15.5 Å². The van der Waals surface area contributed by atoms with Crippen LogP contribution in [0.25, 0.3) is 0 Å². The van der Waals surface area contributed by atoms with Gasteiger partial charge in [0.2, 0.25) is 0 Å². The second-order valence-electron chi connectivity index (χ2n) is 3.21. The lowest BCUT2D eigenvalue weighted by Gasteiger charge is -2.05. The predicted octanol–water partition coefficient (Wildman–Crippen LogP) is 2.87. The fraction of sp³-hybridized carbons (Fsp3) is 0.300. The van der Waals surface area contributed by atoms with Gasteiger partial charge in [0.1, 0.15) is 0 Å². The third-order valence-corrected chi connectivity index (χ3v) is 2.46. The number of nitro groups is 1. The number of ketones is 1. The van der Waals surface area contributed by atoms with Gasteiger partial charge in [-0.2, -0.15) is 0 Å². The number of Topliss-reactive ketones (excluding diaryl/α,β-unsaturated/α-hetero) is 1. The molecule has 0 spiro atoms. The molecule has 1 rings (SSSR count). The van der Waals surface area contributed by atoms with E-state index < -0.39 is 9.75 Å². The molecule has 0 aliphatic rings. The van der Waals surface area contributed by atoms with E-state index in [0.29, 0.717) is 5.56 Å². The number of aryl methyl sites for hydroxylation is 1. The van der Waals surface area contributed by atoms with E-state index in [1.54, 1.807) is 26.0 Å². The number of hydrogen-bond acceptors (Lipinski definition) is 3. The highest BCUT2D eigenvalue weighted by Gasteiger charge is 2.24. The minimum absolute atomic E-state index is 0.103. The molecular weight excluding hydrogens is 262 g/mol. The second kappa shape index (κ2) is 4.53. The third-order valence-electron chi connectivity index (χ3n) is 2.05. The molecule has 5 heteroatoms. The molecule has 0 N–H and O–H groups in total. The summed E-state index contributed by atoms with van der Waals surface area (Å²) in [5, 5.41) is 10.8. The summed E-state index contributed by atoms with van der Waals surface area (Å²) in [6.45, 7) is 3.27. The molecule has 0 aliphatic heterocycles. The van der Waals surface area contributed by atoms with Gasteiger partial charge in [0, 0.05) is 5.56 Å². The third kappa shape index (κ3) is 2.41. The Morgan fingerprint density at radius 3 is 2.60 bits per heavy atom. The molecule has 0 aromatic heterocycles. The van der Waals surface area contributed by atoms with E-state index in [9.17, 15) is 14.9 Å². The molecule has 1 unspecified atom stereocenters. The number of nitro benzene ring substituents is 1. The van der Waals surface area contributed by atoms with Gasteiger partial charge < -0.3 is 0 Å². The first-order chi connectivity index (χ1) is 6.95. The SMILES string of the molecule is Cc1cccc(C(=O)C(C)Br)c1[N+](=O)[O-]. The molecule has 15 heavy (non-hydrogen) atoms. The minimum Gasteiger partial charge on any atom is -0.293 e. The summed E-state index contributed by atoms with van der Waals surface area (Å²) in [5.41, 5.74) is 0.553. The van der Waals surface area contributed by atoms with E-state index >= 15 is 0 Å². The molecule has 0 radical (unpaired) electrons. The molecule has 80 valence electrons. The zero-order valence-corrected chi connectivity index (χ0v) is 9.95. The van der Waals surface area contributed by atoms with Crippen LogP contribution < -0.4 is 0 Å². The van der Waals surface area contributed by atoms with Crippen LogP contribution in [0.1, 0.15) is 22.8 Å². The number of carbonyl (C=O) groups excluding carboxylic acids is 1. The number of hydrogen-bond donors (Lipinski definition) is 0. The standard InChI is InChI=1S/C10H10BrNO3/c1-6-4-3-5-8(9(6)12(14)15)10(13)7(2)11/h3-5,7H,1-2H3. The molecule has 1 atom stereocenters. The molecule has 0 heterocycles. The van der Waals surface area contributed by atoms with Gasteiger partial charge in [-0.3, -0.25) is 14.9 Å². The van der Waals surface area contributed by atoms with E-state index in [0.717, 1.165) is 0 Å². The Hall–Kier alpha value is -1.23. The van der Waals surface area contributed by atoms with Gasteiger partial charge >= 0.3 is 0 Å². The van der Waals surface area contributed by atoms with Gasteiger partial charge in [-0.25, -0.2) is 0 Å². The maximum Gasteiger partial charge on any atom is 0.283 e. The Labute approximate surface area is 95.6 Å². The largest absolute Gasteiger partial charge is 0.293 e. The summed E-state index contributed by atoms with van der Waals surface area (Å²) in [4.78, 5) is 21.5. The quantitative estimate of drug-likeness (QED) is 0.368. The lowest BCUT2D eigenvalue weighted by molar-refractivity contribution is -0.385. The fourth-order valence-electron chi connectivity index (χ4n) is 1.31. The Morgan fingerprint density at radius 1 is 1.53 bits per heavy atom. The average Bonchev–Trinajstić information content (AvgIpc) is 2.15. The van der Waals surface area contributed by atoms with E-state index in [1.165, 1.54) is 6.07 Å². The van der Waals surface area contributed by atoms with Gasteiger partial charge in [-0.15, -0.1) is 0 Å². The van der Waals surface area contributed by atoms with Crippen LogP contribution in [0.4, 0.5) is 5.69 Å². The van der Waals surface area contributed by atoms with Crippen molar-refractivity contribution in [2.24, 2.45) is 0 Å². The van der Waals surface area contributed by atoms with Gasteiger partial charge in [0.05, 0.1) is 15.3 Å². The van der Waals surface area contributed by atoms with Crippen LogP contribution in [0.5, 0.6) is 0 Å². The molecule has 0 saturated carbocycles. The number of halogens is 1. The summed E-state index contributed by atoms with van der Waals surface area (Å²) in [5.74, 6) is -0.273. The van der Waals surface area contributed by atoms with Crippen molar-refractivity contribution in [3.63, 3.8) is 0 Å². The van der Waals surface area contributed by atoms with Gasteiger partial charge in [0.25, 0.3) is 5.69 Å². The van der Waals surface area contributed by atoms with E-state index in [-0.39, 0.29) is 17.0 Å². The van der Waals surface area contributed by atoms with Crippen LogP contribution in [0.15, 0.2) is 18.2 Å². The molecular formula is C10H10BrNO3. The number of alkyl halides is 1. The molecule has 0 amide bonds. The van der Waals surface area contributed by atoms with Crippen LogP contribution in [0.3, 0.4) is 0 Å². The molecule has 0 aliphatic carbocycles. The summed E-state index contributed by atoms with van der Waals surface area (Å²) in [7, 11) is 0. The Kier molecular flexibility index (Phi) is 3.57. The zero-order valence-electron chi connectivity index (χ0n) is 8.36. The first-order valence-electron chi connectivity index (χ1n) is 4.37. The van der Waals surface area contributed by atoms with Crippen LogP contribution in [0.2, 0.25) is 0 Å². The average molecular weight is 272 g/mol. The Bertz CT molecular complexity index is 415. The highest BCUT2D eigenvalue weighted by Crippen LogP contribution is 2.25. The summed E-state index contributed by atoms with van der Waals surface area (Å²) < 4.78 is 0. The van der Waals surface area contributed by atoms with Crippen LogP contribution in [0, 0.1) is 17.0 Å². The van der Waals surface area contributed by atoms with E-state index in [2.05, 4.69) is 15.9 Å². The van der Waals surface area contributed by atoms with Crippen molar-refractivity contribution < 1.29 is 9.72 Å². The monoisotopic (exact) mass is 271 g/mol. The van der Waals surface area contributed by atoms with Gasteiger partial charge in [-0.1, -0.05) is 28.1 Å². The Morgan fingerprint density at radius 2 is 2.13 bits per heavy atom. The zero-order chi connectivity index (χ0) is 11.6. The molecule has 1 aromatic rings. The predicted molar refractivity (Wildman–Crippen MR) is 60.6 cm³/mol. The highest BCUT2D eigenvalue weighted by atomic mass is 79.9. The van der Waals surface area contributed by atoms with Crippen LogP contribution >= 0.6 is 15.9 Å². The normalized spacial score (nSPS) is 12.2. The molecule has 4 nitrogen and oxygen atoms in total. The first-order valence-corrected chi connectivity index (χ1v) is 5.29. The minimum atomic E-state index is -0.516. The number of para-hydroxylation sites is 1. The first kappa shape index (κ1) is 11.8. The van der Waals surface area contributed by atoms with Crippen molar-refractivity contribution in [1.82, 2.24) is 0 Å². The highest BCUT2D eigenvalue weighted by molar-refractivity contribution is 9.10. The van der Waals surface area contributed by atoms with Gasteiger partial charge in [0.15, 0.2) is 5.78 Å². The summed E-state index contributed by atoms with van der Waals surface area (Å²) in [6, 6.07) is 4.74. The smallest absolute Gasteiger partial charge is 0.283 e. The number of nitrogens with zero attached hydrogens (tertiary/aromatic N) is 1. The van der Waals surface area contributed by atoms with Crippen molar-refractivity contribution >= 4 is 27.4 Å². The maximum atomic E-state index is 11.7. The second-order valence-corrected chi connectivity index (χ2v) is 4.58. The van der Waals surface area contributed by atoms with E-state index in [1.807, 2.05) is 0 Å². The topological polar surface area (TPSA) is 60.2 Å².